The van der Waals surface area contributed by atoms with Crippen LogP contribution in [0.3, 0.4) is 0 Å². The van der Waals surface area contributed by atoms with Crippen LogP contribution < -0.4 is 30.4 Å². The molecule has 0 radical (unpaired) electrons. The van der Waals surface area contributed by atoms with Crippen molar-refractivity contribution in [1.29, 1.82) is 0 Å². The molecule has 0 aliphatic carbocycles. The second-order valence-electron chi connectivity index (χ2n) is 15.5. The van der Waals surface area contributed by atoms with Gasteiger partial charge in [-0.2, -0.15) is 0 Å². The predicted molar refractivity (Wildman–Crippen MR) is 216 cm³/mol. The third-order valence-electron chi connectivity index (χ3n) is 9.93. The van der Waals surface area contributed by atoms with Gasteiger partial charge in [0, 0.05) is 63.0 Å². The maximum absolute atomic E-state index is 12.8. The standard InChI is InChI=1S/C44H72N6O4/c1-37(2)41(47-39(51)27-17-13-21-31-49-33-23-15-24-34-49)43(53)45-29-19-11-9-7-5-6-8-10-12-20-30-46-44(54)42(38(3)4)48-40(52)28-18-14-22-32-50-35-25-16-26-36-50/h15-16,23-26,33-38,41-42H,5-14,17-22,27-32H2,1-4H3,(H2-2,45,46,47,48,51,52,53,54)/p+2/t41-,42-/m1/s1. The molecular formula is C44H74N6O4+2. The van der Waals surface area contributed by atoms with E-state index in [0.717, 1.165) is 90.1 Å². The Hall–Kier alpha value is -3.82. The Balaban J connectivity index is 1.41. The summed E-state index contributed by atoms with van der Waals surface area (Å²) < 4.78 is 4.30. The first-order valence-corrected chi connectivity index (χ1v) is 21.2. The quantitative estimate of drug-likeness (QED) is 0.0519. The SMILES string of the molecule is CC(C)[C@@H](NC(=O)CCCCC[n+]1ccccc1)C(=O)NCCCCCCCCCCCCNC(=O)[C@H](NC(=O)CCCCC[n+]1ccccc1)C(C)C. The molecular weight excluding hydrogens is 677 g/mol. The molecule has 2 rings (SSSR count). The maximum Gasteiger partial charge on any atom is 0.242 e. The van der Waals surface area contributed by atoms with Gasteiger partial charge in [0.1, 0.15) is 25.2 Å². The first kappa shape index (κ1) is 46.3. The van der Waals surface area contributed by atoms with E-state index < -0.39 is 12.1 Å². The van der Waals surface area contributed by atoms with Gasteiger partial charge in [0.25, 0.3) is 0 Å². The van der Waals surface area contributed by atoms with E-state index in [4.69, 9.17) is 0 Å². The number of carbonyl (C=O) groups is 4. The van der Waals surface area contributed by atoms with Gasteiger partial charge in [-0.3, -0.25) is 19.2 Å². The molecule has 0 aliphatic rings. The summed E-state index contributed by atoms with van der Waals surface area (Å²) in [5, 5.41) is 12.0. The summed E-state index contributed by atoms with van der Waals surface area (Å²) in [4.78, 5) is 50.6. The van der Waals surface area contributed by atoms with E-state index in [1.54, 1.807) is 0 Å². The fourth-order valence-electron chi connectivity index (χ4n) is 6.55. The highest BCUT2D eigenvalue weighted by Crippen LogP contribution is 2.11. The Labute approximate surface area is 327 Å². The Morgan fingerprint density at radius 2 is 0.741 bits per heavy atom. The number of rotatable bonds is 31. The number of unbranched alkanes of at least 4 members (excludes halogenated alkanes) is 13. The van der Waals surface area contributed by atoms with E-state index >= 15 is 0 Å². The van der Waals surface area contributed by atoms with Gasteiger partial charge in [0.05, 0.1) is 0 Å². The summed E-state index contributed by atoms with van der Waals surface area (Å²) in [7, 11) is 0. The molecule has 4 amide bonds. The normalized spacial score (nSPS) is 12.3. The molecule has 10 nitrogen and oxygen atoms in total. The maximum atomic E-state index is 12.8. The minimum atomic E-state index is -0.492. The van der Waals surface area contributed by atoms with Crippen LogP contribution in [0.4, 0.5) is 0 Å². The summed E-state index contributed by atoms with van der Waals surface area (Å²) in [6.07, 6.45) is 26.0. The molecule has 0 unspecified atom stereocenters. The van der Waals surface area contributed by atoms with Crippen LogP contribution in [0, 0.1) is 11.8 Å². The zero-order chi connectivity index (χ0) is 39.2. The molecule has 0 saturated heterocycles. The van der Waals surface area contributed by atoms with Gasteiger partial charge in [-0.1, -0.05) is 91.2 Å². The van der Waals surface area contributed by atoms with Gasteiger partial charge in [-0.25, -0.2) is 9.13 Å². The number of carbonyl (C=O) groups excluding carboxylic acids is 4. The lowest BCUT2D eigenvalue weighted by Gasteiger charge is -2.21. The van der Waals surface area contributed by atoms with Gasteiger partial charge in [-0.05, 0) is 50.4 Å². The molecule has 0 saturated carbocycles. The van der Waals surface area contributed by atoms with E-state index in [9.17, 15) is 19.2 Å². The van der Waals surface area contributed by atoms with Crippen LogP contribution in [0.2, 0.25) is 0 Å². The zero-order valence-corrected chi connectivity index (χ0v) is 34.2. The highest BCUT2D eigenvalue weighted by molar-refractivity contribution is 5.88. The van der Waals surface area contributed by atoms with Crippen LogP contribution in [0.15, 0.2) is 61.2 Å². The monoisotopic (exact) mass is 751 g/mol. The summed E-state index contributed by atoms with van der Waals surface area (Å²) in [6.45, 7) is 11.1. The minimum Gasteiger partial charge on any atom is -0.354 e. The summed E-state index contributed by atoms with van der Waals surface area (Å²) in [5.41, 5.74) is 0. The lowest BCUT2D eigenvalue weighted by Crippen LogP contribution is -2.49. The second kappa shape index (κ2) is 29.5. The molecule has 0 fully saturated rings. The summed E-state index contributed by atoms with van der Waals surface area (Å²) in [5.74, 6) is -0.184. The molecule has 2 atom stereocenters. The average molecular weight is 751 g/mol. The largest absolute Gasteiger partial charge is 0.354 e. The third-order valence-corrected chi connectivity index (χ3v) is 9.93. The van der Waals surface area contributed by atoms with Crippen LogP contribution in [-0.4, -0.2) is 48.8 Å². The van der Waals surface area contributed by atoms with Crippen molar-refractivity contribution < 1.29 is 28.3 Å². The van der Waals surface area contributed by atoms with Crippen LogP contribution >= 0.6 is 0 Å². The molecule has 0 bridgehead atoms. The second-order valence-corrected chi connectivity index (χ2v) is 15.5. The fourth-order valence-corrected chi connectivity index (χ4v) is 6.55. The van der Waals surface area contributed by atoms with E-state index in [1.807, 2.05) is 64.1 Å². The van der Waals surface area contributed by atoms with Gasteiger partial charge in [-0.15, -0.1) is 0 Å². The van der Waals surface area contributed by atoms with Crippen molar-refractivity contribution in [2.45, 2.75) is 168 Å². The zero-order valence-electron chi connectivity index (χ0n) is 34.2. The fraction of sp³-hybridized carbons (Fsp3) is 0.682. The number of amides is 4. The lowest BCUT2D eigenvalue weighted by molar-refractivity contribution is -0.697. The predicted octanol–water partition coefficient (Wildman–Crippen LogP) is 6.50. The molecule has 0 spiro atoms. The van der Waals surface area contributed by atoms with Gasteiger partial charge in [0.15, 0.2) is 24.8 Å². The number of aryl methyl sites for hydroxylation is 2. The summed E-state index contributed by atoms with van der Waals surface area (Å²) >= 11 is 0. The van der Waals surface area contributed by atoms with Crippen molar-refractivity contribution >= 4 is 23.6 Å². The minimum absolute atomic E-state index is 0.0361. The first-order valence-electron chi connectivity index (χ1n) is 21.2. The van der Waals surface area contributed by atoms with Crippen LogP contribution in [0.25, 0.3) is 0 Å². The number of hydrogen-bond donors (Lipinski definition) is 4. The molecule has 54 heavy (non-hydrogen) atoms. The van der Waals surface area contributed by atoms with Crippen molar-refractivity contribution in [3.63, 3.8) is 0 Å². The molecule has 0 aromatic carbocycles. The van der Waals surface area contributed by atoms with Crippen molar-refractivity contribution in [3.8, 4) is 0 Å². The number of aromatic nitrogens is 2. The number of nitrogens with zero attached hydrogens (tertiary/aromatic N) is 2. The van der Waals surface area contributed by atoms with Crippen molar-refractivity contribution in [3.05, 3.63) is 61.2 Å². The van der Waals surface area contributed by atoms with Gasteiger partial charge < -0.3 is 21.3 Å². The topological polar surface area (TPSA) is 124 Å². The van der Waals surface area contributed by atoms with Gasteiger partial charge >= 0.3 is 0 Å². The third kappa shape index (κ3) is 22.4. The van der Waals surface area contributed by atoms with Crippen molar-refractivity contribution in [1.82, 2.24) is 21.3 Å². The number of nitrogens with one attached hydrogen (secondary N) is 4. The molecule has 2 heterocycles. The molecule has 4 N–H and O–H groups in total. The molecule has 302 valence electrons. The Morgan fingerprint density at radius 3 is 1.07 bits per heavy atom. The smallest absolute Gasteiger partial charge is 0.242 e. The Bertz CT molecular complexity index is 1190. The van der Waals surface area contributed by atoms with Crippen LogP contribution in [-0.2, 0) is 32.3 Å². The first-order chi connectivity index (χ1) is 26.2. The van der Waals surface area contributed by atoms with Crippen LogP contribution in [0.5, 0.6) is 0 Å². The lowest BCUT2D eigenvalue weighted by atomic mass is 10.0. The Kier molecular flexibility index (Phi) is 25.3. The van der Waals surface area contributed by atoms with Crippen molar-refractivity contribution in [2.24, 2.45) is 11.8 Å². The summed E-state index contributed by atoms with van der Waals surface area (Å²) in [6, 6.07) is 11.1. The van der Waals surface area contributed by atoms with Crippen LogP contribution in [0.1, 0.15) is 143 Å². The number of pyridine rings is 2. The van der Waals surface area contributed by atoms with Crippen molar-refractivity contribution in [2.75, 3.05) is 13.1 Å². The molecule has 2 aromatic heterocycles. The molecule has 0 aliphatic heterocycles. The molecule has 2 aromatic rings. The van der Waals surface area contributed by atoms with E-state index in [1.165, 1.54) is 25.7 Å². The van der Waals surface area contributed by atoms with E-state index in [-0.39, 0.29) is 35.5 Å². The average Bonchev–Trinajstić information content (AvgIpc) is 3.16. The van der Waals surface area contributed by atoms with E-state index in [0.29, 0.717) is 25.9 Å². The van der Waals surface area contributed by atoms with Gasteiger partial charge in [0.2, 0.25) is 23.6 Å². The molecule has 10 heteroatoms. The van der Waals surface area contributed by atoms with E-state index in [2.05, 4.69) is 55.2 Å². The Morgan fingerprint density at radius 1 is 0.426 bits per heavy atom. The highest BCUT2D eigenvalue weighted by atomic mass is 16.2. The number of hydrogen-bond acceptors (Lipinski definition) is 4. The highest BCUT2D eigenvalue weighted by Gasteiger charge is 2.24.